The Morgan fingerprint density at radius 3 is 2.68 bits per heavy atom. The normalized spacial score (nSPS) is 11.2. The lowest BCUT2D eigenvalue weighted by Crippen LogP contribution is -2.11. The summed E-state index contributed by atoms with van der Waals surface area (Å²) in [5.41, 5.74) is 8.19. The van der Waals surface area contributed by atoms with E-state index in [9.17, 15) is 4.79 Å². The van der Waals surface area contributed by atoms with E-state index in [0.717, 1.165) is 5.56 Å². The monoisotopic (exact) mass is 510 g/mol. The molecule has 0 aliphatic heterocycles. The zero-order chi connectivity index (χ0) is 26.4. The van der Waals surface area contributed by atoms with Crippen LogP contribution in [0.4, 0.5) is 8.78 Å². The minimum atomic E-state index is -0.592. The van der Waals surface area contributed by atoms with Gasteiger partial charge in [0.25, 0.3) is 0 Å². The van der Waals surface area contributed by atoms with Crippen molar-refractivity contribution < 1.29 is 32.2 Å². The quantitative estimate of drug-likeness (QED) is 0.218. The van der Waals surface area contributed by atoms with E-state index >= 15 is 8.78 Å². The van der Waals surface area contributed by atoms with Crippen molar-refractivity contribution in [2.75, 3.05) is 20.3 Å². The summed E-state index contributed by atoms with van der Waals surface area (Å²) in [6, 6.07) is 9.89. The number of rotatable bonds is 11. The van der Waals surface area contributed by atoms with Gasteiger partial charge in [-0.1, -0.05) is 12.1 Å². The maximum atomic E-state index is 15.4. The summed E-state index contributed by atoms with van der Waals surface area (Å²) in [4.78, 5) is 16.3. The lowest BCUT2D eigenvalue weighted by atomic mass is 9.99. The van der Waals surface area contributed by atoms with E-state index in [1.54, 1.807) is 19.2 Å². The predicted octanol–water partition coefficient (Wildman–Crippen LogP) is 5.24. The van der Waals surface area contributed by atoms with Crippen LogP contribution in [0.15, 0.2) is 53.3 Å². The summed E-state index contributed by atoms with van der Waals surface area (Å²) in [6.07, 6.45) is 3.40. The number of hydrogen-bond donors (Lipinski definition) is 1. The fraction of sp³-hybridized carbons (Fsp3) is 0.286. The van der Waals surface area contributed by atoms with Gasteiger partial charge in [-0.25, -0.2) is 8.78 Å². The highest BCUT2D eigenvalue weighted by Crippen LogP contribution is 2.35. The molecule has 0 aliphatic rings. The molecule has 0 aliphatic carbocycles. The van der Waals surface area contributed by atoms with Gasteiger partial charge >= 0.3 is 5.97 Å². The number of esters is 1. The van der Waals surface area contributed by atoms with Crippen LogP contribution in [0.5, 0.6) is 5.75 Å². The molecular weight excluding hydrogens is 482 g/mol. The molecule has 0 saturated heterocycles. The lowest BCUT2D eigenvalue weighted by Gasteiger charge is -2.15. The number of methoxy groups -OCH3 is 1. The Kier molecular flexibility index (Phi) is 8.47. The fourth-order valence-corrected chi connectivity index (χ4v) is 4.00. The average molecular weight is 511 g/mol. The van der Waals surface area contributed by atoms with Gasteiger partial charge in [0.2, 0.25) is 0 Å². The molecular formula is C28H28F2N2O5. The molecule has 2 N–H and O–H groups in total. The molecule has 9 heteroatoms. The number of ether oxygens (including phenoxy) is 3. The van der Waals surface area contributed by atoms with Crippen molar-refractivity contribution in [2.24, 2.45) is 5.73 Å². The van der Waals surface area contributed by atoms with Gasteiger partial charge in [0.15, 0.2) is 5.82 Å². The third kappa shape index (κ3) is 5.95. The number of aryl methyl sites for hydroxylation is 1. The first-order chi connectivity index (χ1) is 17.9. The number of carbonyl (C=O) groups is 1. The number of halogens is 2. The summed E-state index contributed by atoms with van der Waals surface area (Å²) >= 11 is 0. The molecule has 0 amide bonds. The van der Waals surface area contributed by atoms with Gasteiger partial charge in [0, 0.05) is 55.1 Å². The molecule has 0 spiro atoms. The topological polar surface area (TPSA) is 96.8 Å². The van der Waals surface area contributed by atoms with Gasteiger partial charge in [-0.2, -0.15) is 0 Å². The Morgan fingerprint density at radius 2 is 1.89 bits per heavy atom. The molecule has 0 atom stereocenters. The molecule has 2 aromatic heterocycles. The summed E-state index contributed by atoms with van der Waals surface area (Å²) in [5.74, 6) is -1.09. The molecule has 2 heterocycles. The minimum absolute atomic E-state index is 0.00118. The highest BCUT2D eigenvalue weighted by atomic mass is 19.1. The highest BCUT2D eigenvalue weighted by molar-refractivity contribution is 5.93. The van der Waals surface area contributed by atoms with E-state index in [1.165, 1.54) is 30.7 Å². The molecule has 0 fully saturated rings. The number of benzene rings is 2. The second kappa shape index (κ2) is 11.9. The zero-order valence-electron chi connectivity index (χ0n) is 20.7. The molecule has 7 nitrogen and oxygen atoms in total. The number of hydrogen-bond acceptors (Lipinski definition) is 7. The molecule has 0 unspecified atom stereocenters. The first-order valence-electron chi connectivity index (χ1n) is 11.8. The maximum Gasteiger partial charge on any atom is 0.310 e. The van der Waals surface area contributed by atoms with Crippen molar-refractivity contribution in [3.05, 3.63) is 82.9 Å². The largest absolute Gasteiger partial charge is 0.488 e. The molecule has 0 radical (unpaired) electrons. The van der Waals surface area contributed by atoms with Gasteiger partial charge < -0.3 is 24.4 Å². The van der Waals surface area contributed by atoms with E-state index in [-0.39, 0.29) is 54.0 Å². The number of pyridine rings is 1. The van der Waals surface area contributed by atoms with E-state index in [2.05, 4.69) is 4.98 Å². The second-order valence-electron chi connectivity index (χ2n) is 8.53. The van der Waals surface area contributed by atoms with Gasteiger partial charge in [-0.15, -0.1) is 0 Å². The predicted molar refractivity (Wildman–Crippen MR) is 134 cm³/mol. The molecule has 194 valence electrons. The van der Waals surface area contributed by atoms with Crippen LogP contribution in [0.2, 0.25) is 0 Å². The Labute approximate surface area is 213 Å². The molecule has 2 aromatic carbocycles. The van der Waals surface area contributed by atoms with E-state index in [4.69, 9.17) is 24.4 Å². The summed E-state index contributed by atoms with van der Waals surface area (Å²) in [6.45, 7) is 2.40. The molecule has 37 heavy (non-hydrogen) atoms. The van der Waals surface area contributed by atoms with Crippen molar-refractivity contribution in [1.29, 1.82) is 0 Å². The Balaban J connectivity index is 1.61. The molecule has 4 rings (SSSR count). The first-order valence-corrected chi connectivity index (χ1v) is 11.8. The highest BCUT2D eigenvalue weighted by Gasteiger charge is 2.20. The Morgan fingerprint density at radius 1 is 1.05 bits per heavy atom. The van der Waals surface area contributed by atoms with Crippen LogP contribution >= 0.6 is 0 Å². The molecule has 4 aromatic rings. The number of furan rings is 1. The Hall–Kier alpha value is -3.82. The van der Waals surface area contributed by atoms with Gasteiger partial charge in [0.05, 0.1) is 30.4 Å². The third-order valence-electron chi connectivity index (χ3n) is 5.89. The number of nitrogens with zero attached hydrogens (tertiary/aromatic N) is 1. The van der Waals surface area contributed by atoms with Crippen molar-refractivity contribution in [3.8, 4) is 16.9 Å². The zero-order valence-corrected chi connectivity index (χ0v) is 20.7. The van der Waals surface area contributed by atoms with Crippen LogP contribution in [-0.4, -0.2) is 31.3 Å². The summed E-state index contributed by atoms with van der Waals surface area (Å²) in [5, 5.41) is 0.200. The first kappa shape index (κ1) is 26.2. The number of carbonyl (C=O) groups excluding carboxylic acids is 1. The van der Waals surface area contributed by atoms with Crippen molar-refractivity contribution >= 4 is 16.9 Å². The van der Waals surface area contributed by atoms with Crippen molar-refractivity contribution in [3.63, 3.8) is 0 Å². The number of aromatic nitrogens is 1. The van der Waals surface area contributed by atoms with Gasteiger partial charge in [-0.05, 0) is 36.8 Å². The van der Waals surface area contributed by atoms with Crippen molar-refractivity contribution in [1.82, 2.24) is 4.98 Å². The van der Waals surface area contributed by atoms with E-state index in [1.807, 2.05) is 13.0 Å². The van der Waals surface area contributed by atoms with Crippen LogP contribution in [0.25, 0.3) is 22.1 Å². The molecule has 0 saturated carbocycles. The molecule has 0 bridgehead atoms. The van der Waals surface area contributed by atoms with Gasteiger partial charge in [0.1, 0.15) is 23.8 Å². The van der Waals surface area contributed by atoms with E-state index < -0.39 is 17.6 Å². The van der Waals surface area contributed by atoms with Crippen LogP contribution in [0.3, 0.4) is 0 Å². The summed E-state index contributed by atoms with van der Waals surface area (Å²) < 4.78 is 52.2. The van der Waals surface area contributed by atoms with Crippen LogP contribution in [-0.2, 0) is 33.8 Å². The van der Waals surface area contributed by atoms with Crippen LogP contribution in [0.1, 0.15) is 28.8 Å². The van der Waals surface area contributed by atoms with Crippen LogP contribution in [0, 0.1) is 18.6 Å². The lowest BCUT2D eigenvalue weighted by molar-refractivity contribution is -0.143. The third-order valence-corrected chi connectivity index (χ3v) is 5.89. The standard InChI is InChI=1S/C28H28F2N2O5/c1-17-4-5-18(14-25(33)35-10-3-9-34-2)24(12-17)37-16-19-13-22(28-21(26(19)29)7-11-36-28)20-6-8-32-23(15-31)27(20)30/h4-8,11-13H,3,9-10,14-16,31H2,1-2H3. The maximum absolute atomic E-state index is 15.4. The fourth-order valence-electron chi connectivity index (χ4n) is 4.00. The number of fused-ring (bicyclic) bond motifs is 1. The van der Waals surface area contributed by atoms with Crippen LogP contribution < -0.4 is 10.5 Å². The second-order valence-corrected chi connectivity index (χ2v) is 8.53. The van der Waals surface area contributed by atoms with E-state index in [0.29, 0.717) is 29.9 Å². The average Bonchev–Trinajstić information content (AvgIpc) is 3.39. The van der Waals surface area contributed by atoms with Gasteiger partial charge in [-0.3, -0.25) is 9.78 Å². The Bertz CT molecular complexity index is 1400. The smallest absolute Gasteiger partial charge is 0.310 e. The van der Waals surface area contributed by atoms with Crippen molar-refractivity contribution in [2.45, 2.75) is 32.9 Å². The summed E-state index contributed by atoms with van der Waals surface area (Å²) in [7, 11) is 1.58. The SMILES string of the molecule is COCCCOC(=O)Cc1ccc(C)cc1OCc1cc(-c2ccnc(CN)c2F)c2occc2c1F. The minimum Gasteiger partial charge on any atom is -0.488 e. The number of nitrogens with two attached hydrogens (primary N) is 1.